The van der Waals surface area contributed by atoms with Gasteiger partial charge in [-0.1, -0.05) is 12.1 Å². The number of aromatic nitrogens is 4. The van der Waals surface area contributed by atoms with Crippen LogP contribution in [0, 0.1) is 0 Å². The third-order valence-electron chi connectivity index (χ3n) is 8.19. The molecule has 2 fully saturated rings. The molecule has 1 aliphatic carbocycles. The van der Waals surface area contributed by atoms with Gasteiger partial charge in [-0.3, -0.25) is 14.0 Å². The quantitative estimate of drug-likeness (QED) is 0.325. The van der Waals surface area contributed by atoms with E-state index in [0.717, 1.165) is 29.7 Å². The molecule has 2 atom stereocenters. The summed E-state index contributed by atoms with van der Waals surface area (Å²) in [6, 6.07) is 11.5. The molecule has 1 aliphatic heterocycles. The van der Waals surface area contributed by atoms with Crippen molar-refractivity contribution in [2.45, 2.75) is 56.9 Å². The van der Waals surface area contributed by atoms with E-state index in [-0.39, 0.29) is 23.8 Å². The third kappa shape index (κ3) is 5.52. The van der Waals surface area contributed by atoms with Gasteiger partial charge in [0.15, 0.2) is 0 Å². The van der Waals surface area contributed by atoms with Crippen molar-refractivity contribution in [1.82, 2.24) is 24.3 Å². The van der Waals surface area contributed by atoms with Crippen LogP contribution in [-0.4, -0.2) is 62.4 Å². The molecule has 0 spiro atoms. The van der Waals surface area contributed by atoms with Crippen molar-refractivity contribution in [1.29, 1.82) is 0 Å². The number of nitrogens with two attached hydrogens (primary N) is 1. The molecule has 4 heterocycles. The number of anilines is 2. The predicted octanol–water partition coefficient (Wildman–Crippen LogP) is 4.63. The number of carbonyl (C=O) groups excluding carboxylic acids is 2. The normalized spacial score (nSPS) is 18.9. The van der Waals surface area contributed by atoms with Gasteiger partial charge in [0, 0.05) is 55.3 Å². The molecule has 3 aromatic heterocycles. The number of imidazole rings is 1. The predicted molar refractivity (Wildman–Crippen MR) is 157 cm³/mol. The van der Waals surface area contributed by atoms with Gasteiger partial charge in [0.25, 0.3) is 5.91 Å². The minimum atomic E-state index is -0.219. The molecule has 10 heteroatoms. The fourth-order valence-corrected chi connectivity index (χ4v) is 5.73. The number of nitrogens with zero attached hydrogens (tertiary/aromatic N) is 5. The Labute approximate surface area is 239 Å². The molecule has 6 rings (SSSR count). The van der Waals surface area contributed by atoms with Crippen molar-refractivity contribution in [2.24, 2.45) is 0 Å². The van der Waals surface area contributed by atoms with E-state index < -0.39 is 0 Å². The van der Waals surface area contributed by atoms with Crippen LogP contribution in [0.1, 0.15) is 72.6 Å². The number of carbonyl (C=O) groups is 2. The summed E-state index contributed by atoms with van der Waals surface area (Å²) >= 11 is 0. The molecule has 0 bridgehead atoms. The number of ether oxygens (including phenoxy) is 1. The third-order valence-corrected chi connectivity index (χ3v) is 8.19. The van der Waals surface area contributed by atoms with Crippen LogP contribution in [0.4, 0.5) is 11.6 Å². The maximum Gasteiger partial charge on any atom is 0.256 e. The lowest BCUT2D eigenvalue weighted by atomic mass is 9.92. The van der Waals surface area contributed by atoms with Crippen LogP contribution >= 0.6 is 0 Å². The second-order valence-corrected chi connectivity index (χ2v) is 11.0. The van der Waals surface area contributed by atoms with Gasteiger partial charge in [-0.15, -0.1) is 0 Å². The smallest absolute Gasteiger partial charge is 0.256 e. The number of fused-ring (bicyclic) bond motifs is 1. The number of hydrogen-bond donors (Lipinski definition) is 2. The number of piperidine rings is 1. The monoisotopic (exact) mass is 553 g/mol. The molecule has 2 amide bonds. The van der Waals surface area contributed by atoms with E-state index in [1.807, 2.05) is 39.8 Å². The molecule has 1 saturated carbocycles. The Morgan fingerprint density at radius 2 is 1.83 bits per heavy atom. The molecule has 0 radical (unpaired) electrons. The zero-order valence-electron chi connectivity index (χ0n) is 23.4. The lowest BCUT2D eigenvalue weighted by Gasteiger charge is -2.37. The molecule has 41 heavy (non-hydrogen) atoms. The topological polar surface area (TPSA) is 128 Å². The van der Waals surface area contributed by atoms with Gasteiger partial charge in [0.2, 0.25) is 5.91 Å². The maximum atomic E-state index is 13.0. The number of nitrogens with one attached hydrogen (secondary N) is 1. The average molecular weight is 554 g/mol. The van der Waals surface area contributed by atoms with E-state index in [1.165, 1.54) is 18.4 Å². The number of pyridine rings is 1. The molecule has 0 unspecified atom stereocenters. The zero-order chi connectivity index (χ0) is 28.5. The van der Waals surface area contributed by atoms with Crippen LogP contribution in [0.2, 0.25) is 0 Å². The molecule has 10 nitrogen and oxygen atoms in total. The molecule has 2 aliphatic rings. The number of hydrogen-bond acceptors (Lipinski definition) is 7. The van der Waals surface area contributed by atoms with Gasteiger partial charge in [0.05, 0.1) is 13.0 Å². The number of rotatable bonds is 8. The summed E-state index contributed by atoms with van der Waals surface area (Å²) in [5.74, 6) is 2.29. The maximum absolute atomic E-state index is 13.0. The summed E-state index contributed by atoms with van der Waals surface area (Å²) in [6.07, 6.45) is 9.82. The van der Waals surface area contributed by atoms with Crippen molar-refractivity contribution in [3.63, 3.8) is 0 Å². The summed E-state index contributed by atoms with van der Waals surface area (Å²) in [5.41, 5.74) is 10.4. The SMILES string of the molecule is COCCC(=O)N1C[C@@H](c2nc(-c3ccc(C(=O)Nc4cc(C5CC5)ccn4)cc3)c3c(N)nccn23)CC[C@H]1C. The Morgan fingerprint density at radius 3 is 2.59 bits per heavy atom. The Bertz CT molecular complexity index is 1580. The van der Waals surface area contributed by atoms with Gasteiger partial charge in [0.1, 0.15) is 28.7 Å². The minimum Gasteiger partial charge on any atom is -0.384 e. The van der Waals surface area contributed by atoms with Crippen LogP contribution in [0.25, 0.3) is 16.8 Å². The molecular weight excluding hydrogens is 518 g/mol. The lowest BCUT2D eigenvalue weighted by Crippen LogP contribution is -2.45. The molecule has 3 N–H and O–H groups in total. The fourth-order valence-electron chi connectivity index (χ4n) is 5.73. The number of amides is 2. The highest BCUT2D eigenvalue weighted by molar-refractivity contribution is 6.04. The van der Waals surface area contributed by atoms with E-state index in [2.05, 4.69) is 22.2 Å². The summed E-state index contributed by atoms with van der Waals surface area (Å²) in [5, 5.41) is 2.92. The van der Waals surface area contributed by atoms with Crippen molar-refractivity contribution in [3.05, 3.63) is 71.9 Å². The van der Waals surface area contributed by atoms with Crippen LogP contribution < -0.4 is 11.1 Å². The first kappa shape index (κ1) is 26.9. The van der Waals surface area contributed by atoms with Gasteiger partial charge in [-0.2, -0.15) is 0 Å². The largest absolute Gasteiger partial charge is 0.384 e. The Kier molecular flexibility index (Phi) is 7.40. The van der Waals surface area contributed by atoms with Gasteiger partial charge < -0.3 is 20.7 Å². The standard InChI is InChI=1S/C31H35N7O3/c1-19-3-4-24(18-38(19)26(39)12-16-41-2)30-36-27(28-29(32)34-14-15-37(28)30)21-7-9-22(10-8-21)31(40)35-25-17-23(11-13-33-25)20-5-6-20/h7-11,13-15,17,19-20,24H,3-6,12,16,18H2,1-2H3,(H2,32,34)(H,33,35,40)/t19-,24+/m1/s1. The van der Waals surface area contributed by atoms with Crippen molar-refractivity contribution >= 4 is 29.0 Å². The summed E-state index contributed by atoms with van der Waals surface area (Å²) in [4.78, 5) is 41.5. The van der Waals surface area contributed by atoms with E-state index >= 15 is 0 Å². The number of methoxy groups -OCH3 is 1. The van der Waals surface area contributed by atoms with Crippen molar-refractivity contribution in [2.75, 3.05) is 31.3 Å². The first-order valence-corrected chi connectivity index (χ1v) is 14.2. The molecule has 1 saturated heterocycles. The summed E-state index contributed by atoms with van der Waals surface area (Å²) in [6.45, 7) is 3.08. The van der Waals surface area contributed by atoms with E-state index in [0.29, 0.717) is 48.4 Å². The Balaban J connectivity index is 1.26. The molecular formula is C31H35N7O3. The first-order valence-electron chi connectivity index (χ1n) is 14.2. The first-order chi connectivity index (χ1) is 19.9. The number of nitrogen functional groups attached to an aromatic ring is 1. The van der Waals surface area contributed by atoms with Crippen molar-refractivity contribution in [3.8, 4) is 11.3 Å². The van der Waals surface area contributed by atoms with Crippen LogP contribution in [0.3, 0.4) is 0 Å². The second kappa shape index (κ2) is 11.3. The fraction of sp³-hybridized carbons (Fsp3) is 0.387. The van der Waals surface area contributed by atoms with Gasteiger partial charge in [-0.25, -0.2) is 15.0 Å². The van der Waals surface area contributed by atoms with Crippen molar-refractivity contribution < 1.29 is 14.3 Å². The van der Waals surface area contributed by atoms with Crippen LogP contribution in [-0.2, 0) is 9.53 Å². The second-order valence-electron chi connectivity index (χ2n) is 11.0. The zero-order valence-corrected chi connectivity index (χ0v) is 23.4. The Hall–Kier alpha value is -4.31. The van der Waals surface area contributed by atoms with Crippen LogP contribution in [0.15, 0.2) is 55.0 Å². The highest BCUT2D eigenvalue weighted by atomic mass is 16.5. The highest BCUT2D eigenvalue weighted by Crippen LogP contribution is 2.40. The minimum absolute atomic E-state index is 0.0460. The van der Waals surface area contributed by atoms with Crippen LogP contribution in [0.5, 0.6) is 0 Å². The van der Waals surface area contributed by atoms with Gasteiger partial charge >= 0.3 is 0 Å². The van der Waals surface area contributed by atoms with E-state index in [4.69, 9.17) is 15.5 Å². The summed E-state index contributed by atoms with van der Waals surface area (Å²) < 4.78 is 7.12. The van der Waals surface area contributed by atoms with Gasteiger partial charge in [-0.05, 0) is 68.4 Å². The number of benzene rings is 1. The van der Waals surface area contributed by atoms with E-state index in [9.17, 15) is 9.59 Å². The molecule has 212 valence electrons. The highest BCUT2D eigenvalue weighted by Gasteiger charge is 2.32. The summed E-state index contributed by atoms with van der Waals surface area (Å²) in [7, 11) is 1.61. The number of likely N-dealkylation sites (tertiary alicyclic amines) is 1. The lowest BCUT2D eigenvalue weighted by molar-refractivity contribution is -0.135. The molecule has 4 aromatic rings. The Morgan fingerprint density at radius 1 is 1.05 bits per heavy atom. The van der Waals surface area contributed by atoms with E-state index in [1.54, 1.807) is 31.6 Å². The average Bonchev–Trinajstić information content (AvgIpc) is 3.77. The molecule has 1 aromatic carbocycles.